The van der Waals surface area contributed by atoms with E-state index in [4.69, 9.17) is 55.6 Å². The summed E-state index contributed by atoms with van der Waals surface area (Å²) in [6.45, 7) is -0.894. The molecule has 6 rings (SSSR count). The van der Waals surface area contributed by atoms with Crippen molar-refractivity contribution in [1.29, 1.82) is 0 Å². The maximum atomic E-state index is 11.7. The molecule has 2 fully saturated rings. The minimum Gasteiger partial charge on any atom is -0.394 e. The third kappa shape index (κ3) is 9.93. The van der Waals surface area contributed by atoms with Gasteiger partial charge in [0.05, 0.1) is 25.9 Å². The van der Waals surface area contributed by atoms with Crippen LogP contribution in [-0.4, -0.2) is 144 Å². The first-order valence-corrected chi connectivity index (χ1v) is 18.6. The molecule has 0 aliphatic carbocycles. The Morgan fingerprint density at radius 2 is 1.02 bits per heavy atom. The number of imidazole rings is 2. The maximum absolute atomic E-state index is 11.7. The highest BCUT2D eigenvalue weighted by Gasteiger charge is 2.45. The van der Waals surface area contributed by atoms with Gasteiger partial charge in [-0.1, -0.05) is 0 Å². The van der Waals surface area contributed by atoms with Crippen molar-refractivity contribution in [2.45, 2.75) is 49.1 Å². The first kappa shape index (κ1) is 42.1. The number of aromatic nitrogens is 8. The number of rotatable bonds is 8. The number of nitrogens with zero attached hydrogens (tertiary/aromatic N) is 6. The molecule has 0 amide bonds. The van der Waals surface area contributed by atoms with E-state index in [1.165, 1.54) is 21.8 Å². The quantitative estimate of drug-likeness (QED) is 0.0735. The fraction of sp³-hybridized carbons (Fsp3) is 0.500. The molecule has 0 unspecified atom stereocenters. The lowest BCUT2D eigenvalue weighted by molar-refractivity contribution is -0.0511. The number of nitrogens with one attached hydrogen (secondary N) is 2. The molecule has 0 spiro atoms. The van der Waals surface area contributed by atoms with Crippen LogP contribution in [-0.2, 0) is 31.8 Å². The molecule has 0 aromatic carbocycles. The van der Waals surface area contributed by atoms with Crippen molar-refractivity contribution >= 4 is 57.7 Å². The Bertz CT molecular complexity index is 2030. The average Bonchev–Trinajstić information content (AvgIpc) is 3.76. The van der Waals surface area contributed by atoms with Gasteiger partial charge in [-0.3, -0.25) is 28.7 Å². The largest absolute Gasteiger partial charge is 0.490 e. The fourth-order valence-electron chi connectivity index (χ4n) is 4.76. The van der Waals surface area contributed by atoms with E-state index in [-0.39, 0.29) is 34.2 Å². The lowest BCUT2D eigenvalue weighted by Crippen LogP contribution is -2.33. The summed E-state index contributed by atoms with van der Waals surface area (Å²) in [6, 6.07) is 0. The van der Waals surface area contributed by atoms with Gasteiger partial charge in [0.25, 0.3) is 11.1 Å². The van der Waals surface area contributed by atoms with Crippen LogP contribution in [0.4, 0.5) is 11.9 Å². The van der Waals surface area contributed by atoms with Crippen LogP contribution in [0, 0.1) is 0 Å². The van der Waals surface area contributed by atoms with Gasteiger partial charge < -0.3 is 76.0 Å². The molecule has 0 saturated carbocycles. The number of hydrogen-bond acceptors (Lipinski definition) is 21. The van der Waals surface area contributed by atoms with Crippen LogP contribution >= 0.6 is 23.5 Å². The first-order chi connectivity index (χ1) is 24.5. The maximum Gasteiger partial charge on any atom is 0.490 e. The van der Waals surface area contributed by atoms with E-state index in [1.54, 1.807) is 0 Å². The molecule has 0 bridgehead atoms. The van der Waals surface area contributed by atoms with Crippen molar-refractivity contribution in [2.75, 3.05) is 24.7 Å². The number of nitrogens with two attached hydrogens (primary N) is 2. The number of ether oxygens (including phenoxy) is 2. The Morgan fingerprint density at radius 3 is 1.30 bits per heavy atom. The summed E-state index contributed by atoms with van der Waals surface area (Å²) < 4.78 is 49.7. The molecule has 2 saturated heterocycles. The van der Waals surface area contributed by atoms with Crippen molar-refractivity contribution in [3.63, 3.8) is 0 Å². The second kappa shape index (κ2) is 16.0. The van der Waals surface area contributed by atoms with Gasteiger partial charge in [-0.05, 0) is 0 Å². The summed E-state index contributed by atoms with van der Waals surface area (Å²) in [4.78, 5) is 83.7. The highest BCUT2D eigenvalue weighted by molar-refractivity contribution is 7.66. The van der Waals surface area contributed by atoms with Gasteiger partial charge >= 0.3 is 23.5 Å². The molecule has 17 N–H and O–H groups in total. The summed E-state index contributed by atoms with van der Waals surface area (Å²) >= 11 is 0. The smallest absolute Gasteiger partial charge is 0.394 e. The molecule has 0 radical (unpaired) electrons. The predicted octanol–water partition coefficient (Wildman–Crippen LogP) is -6.07. The van der Waals surface area contributed by atoms with E-state index < -0.39 is 96.9 Å². The van der Waals surface area contributed by atoms with Crippen LogP contribution in [0.3, 0.4) is 0 Å². The highest BCUT2D eigenvalue weighted by Crippen LogP contribution is 2.64. The average molecular weight is 824 g/mol. The lowest BCUT2D eigenvalue weighted by atomic mass is 10.1. The molecule has 4 aromatic heterocycles. The Kier molecular flexibility index (Phi) is 12.7. The molecule has 30 nitrogen and oxygen atoms in total. The van der Waals surface area contributed by atoms with Crippen molar-refractivity contribution in [1.82, 2.24) is 39.0 Å². The summed E-state index contributed by atoms with van der Waals surface area (Å²) in [7, 11) is -16.2. The van der Waals surface area contributed by atoms with Gasteiger partial charge in [-0.15, -0.1) is 0 Å². The van der Waals surface area contributed by atoms with Gasteiger partial charge in [-0.25, -0.2) is 23.7 Å². The topological polar surface area (TPSA) is 490 Å². The standard InChI is InChI=1S/2C10H13N5O5.H5O10P3/c2*11-10-13-7-4(8(19)14-10)12-2-15(7)9-6(18)5(17)3(1-16)20-9;1-11(2,3)9-13(7,8)10-12(4,5)6/h2*2-3,5-6,9,16-18H,1H2,(H3,11,13,14,19);(H,7,8)(H2,1,2,3)(H2,4,5,6)/t2*3-,5-,6-,9-;/m11./s1. The second-order valence-corrected chi connectivity index (χ2v) is 14.8. The zero-order valence-electron chi connectivity index (χ0n) is 26.0. The van der Waals surface area contributed by atoms with E-state index >= 15 is 0 Å². The van der Waals surface area contributed by atoms with Crippen molar-refractivity contribution in [3.05, 3.63) is 33.4 Å². The molecule has 296 valence electrons. The Morgan fingerprint density at radius 1 is 0.679 bits per heavy atom. The second-order valence-electron chi connectivity index (χ2n) is 10.6. The summed E-state index contributed by atoms with van der Waals surface area (Å²) in [5, 5.41) is 57.5. The molecule has 2 aliphatic heterocycles. The molecule has 6 heterocycles. The van der Waals surface area contributed by atoms with Crippen LogP contribution in [0.1, 0.15) is 12.5 Å². The summed E-state index contributed by atoms with van der Waals surface area (Å²) in [5.74, 6) is -0.202. The monoisotopic (exact) mass is 824 g/mol. The molecule has 33 heteroatoms. The predicted molar refractivity (Wildman–Crippen MR) is 167 cm³/mol. The van der Waals surface area contributed by atoms with Crippen LogP contribution in [0.25, 0.3) is 22.3 Å². The minimum absolute atomic E-state index is 0.0388. The number of nitrogen functional groups attached to an aromatic ring is 2. The van der Waals surface area contributed by atoms with E-state index in [1.807, 2.05) is 0 Å². The van der Waals surface area contributed by atoms with Crippen LogP contribution in [0.5, 0.6) is 0 Å². The van der Waals surface area contributed by atoms with Gasteiger partial charge in [0.15, 0.2) is 34.8 Å². The summed E-state index contributed by atoms with van der Waals surface area (Å²) in [5.41, 5.74) is 10.2. The van der Waals surface area contributed by atoms with E-state index in [9.17, 15) is 43.7 Å². The Labute approximate surface area is 290 Å². The summed E-state index contributed by atoms with van der Waals surface area (Å²) in [6.07, 6.45) is -6.43. The van der Waals surface area contributed by atoms with Gasteiger partial charge in [0, 0.05) is 0 Å². The number of fused-ring (bicyclic) bond motifs is 2. The SMILES string of the molecule is Nc1nc2c(ncn2[C@@H]2O[C@H](CO)[C@@H](O)[C@H]2O)c(=O)[nH]1.Nc1nc2c(ncn2[C@@H]2O[C@H](CO)[C@@H](O)[C@H]2O)c(=O)[nH]1.O=P(O)(O)OP(=O)(O)OP(=O)(O)O. The number of aliphatic hydroxyl groups excluding tert-OH is 6. The van der Waals surface area contributed by atoms with Gasteiger partial charge in [-0.2, -0.15) is 18.6 Å². The minimum atomic E-state index is -5.46. The van der Waals surface area contributed by atoms with Crippen molar-refractivity contribution in [3.8, 4) is 0 Å². The number of aliphatic hydroxyl groups is 6. The first-order valence-electron chi connectivity index (χ1n) is 14.0. The van der Waals surface area contributed by atoms with Crippen LogP contribution < -0.4 is 22.6 Å². The molecular formula is C20H31N10O20P3. The third-order valence-corrected chi connectivity index (χ3v) is 10.3. The third-order valence-electron chi connectivity index (χ3n) is 6.90. The zero-order valence-corrected chi connectivity index (χ0v) is 28.6. The van der Waals surface area contributed by atoms with E-state index in [2.05, 4.69) is 38.5 Å². The van der Waals surface area contributed by atoms with Gasteiger partial charge in [0.2, 0.25) is 11.9 Å². The molecule has 2 aliphatic rings. The number of hydrogen-bond donors (Lipinski definition) is 15. The molecule has 8 atom stereocenters. The van der Waals surface area contributed by atoms with Gasteiger partial charge in [0.1, 0.15) is 36.6 Å². The Hall–Kier alpha value is -3.61. The van der Waals surface area contributed by atoms with Crippen LogP contribution in [0.2, 0.25) is 0 Å². The van der Waals surface area contributed by atoms with E-state index in [0.717, 1.165) is 0 Å². The normalized spacial score (nSPS) is 26.3. The molecule has 53 heavy (non-hydrogen) atoms. The lowest BCUT2D eigenvalue weighted by Gasteiger charge is -2.16. The van der Waals surface area contributed by atoms with Crippen molar-refractivity contribution in [2.24, 2.45) is 0 Å². The molecule has 4 aromatic rings. The van der Waals surface area contributed by atoms with E-state index in [0.29, 0.717) is 0 Å². The number of anilines is 2. The van der Waals surface area contributed by atoms with Crippen molar-refractivity contribution < 1.29 is 86.9 Å². The number of phosphoric acid groups is 3. The Balaban J connectivity index is 0.000000183. The number of H-pyrrole nitrogens is 2. The highest BCUT2D eigenvalue weighted by atomic mass is 31.3. The molecular weight excluding hydrogens is 793 g/mol. The number of aromatic amines is 2. The fourth-order valence-corrected chi connectivity index (χ4v) is 7.30. The zero-order chi connectivity index (χ0) is 39.8. The van der Waals surface area contributed by atoms with Crippen LogP contribution in [0.15, 0.2) is 22.2 Å².